The van der Waals surface area contributed by atoms with Crippen molar-refractivity contribution in [3.8, 4) is 0 Å². The molecule has 0 aliphatic carbocycles. The van der Waals surface area contributed by atoms with Crippen molar-refractivity contribution in [2.45, 2.75) is 13.8 Å². The molecule has 0 radical (unpaired) electrons. The first kappa shape index (κ1) is 12.7. The zero-order valence-corrected chi connectivity index (χ0v) is 9.42. The van der Waals surface area contributed by atoms with Gasteiger partial charge in [-0.15, -0.1) is 0 Å². The lowest BCUT2D eigenvalue weighted by Gasteiger charge is -2.00. The van der Waals surface area contributed by atoms with E-state index in [1.54, 1.807) is 30.3 Å². The fourth-order valence-electron chi connectivity index (χ4n) is 1.15. The number of ketones is 1. The van der Waals surface area contributed by atoms with E-state index in [2.05, 4.69) is 0 Å². The van der Waals surface area contributed by atoms with Gasteiger partial charge in [-0.05, 0) is 17.1 Å². The summed E-state index contributed by atoms with van der Waals surface area (Å²) in [7, 11) is -1.45. The van der Waals surface area contributed by atoms with Gasteiger partial charge in [-0.2, -0.15) is 0 Å². The van der Waals surface area contributed by atoms with E-state index >= 15 is 0 Å². The number of carbonyl (C=O) groups is 1. The van der Waals surface area contributed by atoms with Crippen LogP contribution in [-0.4, -0.2) is 22.9 Å². The lowest BCUT2D eigenvalue weighted by Crippen LogP contribution is -2.29. The first-order valence-electron chi connectivity index (χ1n) is 5.18. The molecule has 4 heteroatoms. The second-order valence-corrected chi connectivity index (χ2v) is 3.93. The van der Waals surface area contributed by atoms with Crippen molar-refractivity contribution in [2.75, 3.05) is 0 Å². The Hall–Kier alpha value is -1.39. The monoisotopic (exact) mass is 218 g/mol. The molecule has 0 amide bonds. The maximum atomic E-state index is 11.3. The highest BCUT2D eigenvalue weighted by Crippen LogP contribution is 2.03. The maximum Gasteiger partial charge on any atom is 0.488 e. The van der Waals surface area contributed by atoms with E-state index < -0.39 is 7.12 Å². The van der Waals surface area contributed by atoms with Gasteiger partial charge in [0.2, 0.25) is 0 Å². The molecule has 1 aromatic rings. The van der Waals surface area contributed by atoms with Gasteiger partial charge in [-0.1, -0.05) is 44.2 Å². The maximum absolute atomic E-state index is 11.3. The molecule has 0 fully saturated rings. The molecular weight excluding hydrogens is 203 g/mol. The molecule has 0 atom stereocenters. The zero-order valence-electron chi connectivity index (χ0n) is 9.42. The summed E-state index contributed by atoms with van der Waals surface area (Å²) in [6.45, 7) is 3.69. The second kappa shape index (κ2) is 5.63. The van der Waals surface area contributed by atoms with Crippen molar-refractivity contribution in [1.82, 2.24) is 0 Å². The standard InChI is InChI=1S/C12H15BO3/c1-9(2)12(14)8-5-10-3-6-11(7-4-10)13(15)16/h3-9,15-16H,1-2H3/b8-5+. The Labute approximate surface area is 95.6 Å². The van der Waals surface area contributed by atoms with E-state index in [4.69, 9.17) is 10.0 Å². The van der Waals surface area contributed by atoms with Crippen LogP contribution in [-0.2, 0) is 4.79 Å². The minimum atomic E-state index is -1.45. The van der Waals surface area contributed by atoms with Gasteiger partial charge in [0.25, 0.3) is 0 Å². The molecule has 3 nitrogen and oxygen atoms in total. The summed E-state index contributed by atoms with van der Waals surface area (Å²) in [5.74, 6) is 0.0704. The Bertz CT molecular complexity index is 380. The summed E-state index contributed by atoms with van der Waals surface area (Å²) in [6.07, 6.45) is 3.25. The highest BCUT2D eigenvalue weighted by atomic mass is 16.4. The van der Waals surface area contributed by atoms with Gasteiger partial charge in [0.1, 0.15) is 0 Å². The Morgan fingerprint density at radius 3 is 2.25 bits per heavy atom. The molecule has 0 aliphatic heterocycles. The Kier molecular flexibility index (Phi) is 4.46. The summed E-state index contributed by atoms with van der Waals surface area (Å²) < 4.78 is 0. The fraction of sp³-hybridized carbons (Fsp3) is 0.250. The lowest BCUT2D eigenvalue weighted by atomic mass is 9.80. The Balaban J connectivity index is 2.72. The molecule has 1 rings (SSSR count). The summed E-state index contributed by atoms with van der Waals surface area (Å²) in [5, 5.41) is 17.8. The van der Waals surface area contributed by atoms with Crippen LogP contribution in [0.3, 0.4) is 0 Å². The van der Waals surface area contributed by atoms with Crippen LogP contribution in [0.4, 0.5) is 0 Å². The highest BCUT2D eigenvalue weighted by molar-refractivity contribution is 6.58. The van der Waals surface area contributed by atoms with Gasteiger partial charge in [0.05, 0.1) is 0 Å². The van der Waals surface area contributed by atoms with Gasteiger partial charge in [0, 0.05) is 5.92 Å². The van der Waals surface area contributed by atoms with Crippen LogP contribution in [0.1, 0.15) is 19.4 Å². The van der Waals surface area contributed by atoms with Crippen LogP contribution in [0, 0.1) is 5.92 Å². The number of carbonyl (C=O) groups excluding carboxylic acids is 1. The summed E-state index contributed by atoms with van der Waals surface area (Å²) >= 11 is 0. The summed E-state index contributed by atoms with van der Waals surface area (Å²) in [6, 6.07) is 6.70. The smallest absolute Gasteiger partial charge is 0.423 e. The van der Waals surface area contributed by atoms with E-state index in [1.807, 2.05) is 13.8 Å². The minimum Gasteiger partial charge on any atom is -0.423 e. The molecule has 0 spiro atoms. The molecule has 0 bridgehead atoms. The van der Waals surface area contributed by atoms with Crippen molar-refractivity contribution in [3.05, 3.63) is 35.9 Å². The molecule has 0 aliphatic rings. The van der Waals surface area contributed by atoms with Crippen LogP contribution in [0.15, 0.2) is 30.3 Å². The highest BCUT2D eigenvalue weighted by Gasteiger charge is 2.09. The van der Waals surface area contributed by atoms with Crippen molar-refractivity contribution in [1.29, 1.82) is 0 Å². The first-order valence-corrected chi connectivity index (χ1v) is 5.18. The van der Waals surface area contributed by atoms with Crippen LogP contribution in [0.25, 0.3) is 6.08 Å². The van der Waals surface area contributed by atoms with E-state index in [9.17, 15) is 4.79 Å². The van der Waals surface area contributed by atoms with Crippen LogP contribution >= 0.6 is 0 Å². The number of allylic oxidation sites excluding steroid dienone is 1. The van der Waals surface area contributed by atoms with Crippen molar-refractivity contribution >= 4 is 24.4 Å². The van der Waals surface area contributed by atoms with Crippen molar-refractivity contribution in [2.24, 2.45) is 5.92 Å². The quantitative estimate of drug-likeness (QED) is 0.574. The topological polar surface area (TPSA) is 57.5 Å². The third-order valence-electron chi connectivity index (χ3n) is 2.24. The average Bonchev–Trinajstić information content (AvgIpc) is 2.26. The molecule has 84 valence electrons. The van der Waals surface area contributed by atoms with Crippen LogP contribution < -0.4 is 5.46 Å². The van der Waals surface area contributed by atoms with Crippen LogP contribution in [0.5, 0.6) is 0 Å². The SMILES string of the molecule is CC(C)C(=O)/C=C/c1ccc(B(O)O)cc1. The number of hydrogen-bond donors (Lipinski definition) is 2. The van der Waals surface area contributed by atoms with Crippen molar-refractivity contribution in [3.63, 3.8) is 0 Å². The molecule has 0 aromatic heterocycles. The number of benzene rings is 1. The molecule has 16 heavy (non-hydrogen) atoms. The summed E-state index contributed by atoms with van der Waals surface area (Å²) in [4.78, 5) is 11.3. The first-order chi connectivity index (χ1) is 7.50. The number of rotatable bonds is 4. The predicted molar refractivity (Wildman–Crippen MR) is 65.1 cm³/mol. The minimum absolute atomic E-state index is 0.00483. The molecular formula is C12H15BO3. The third kappa shape index (κ3) is 3.64. The molecule has 0 heterocycles. The second-order valence-electron chi connectivity index (χ2n) is 3.93. The third-order valence-corrected chi connectivity index (χ3v) is 2.24. The predicted octanol–water partition coefficient (Wildman–Crippen LogP) is 0.605. The Morgan fingerprint density at radius 2 is 1.81 bits per heavy atom. The van der Waals surface area contributed by atoms with Gasteiger partial charge < -0.3 is 10.0 Å². The molecule has 2 N–H and O–H groups in total. The molecule has 1 aromatic carbocycles. The van der Waals surface area contributed by atoms with Gasteiger partial charge >= 0.3 is 7.12 Å². The van der Waals surface area contributed by atoms with Crippen LogP contribution in [0.2, 0.25) is 0 Å². The van der Waals surface area contributed by atoms with Gasteiger partial charge in [0.15, 0.2) is 5.78 Å². The summed E-state index contributed by atoms with van der Waals surface area (Å²) in [5.41, 5.74) is 1.30. The van der Waals surface area contributed by atoms with Gasteiger partial charge in [-0.3, -0.25) is 4.79 Å². The van der Waals surface area contributed by atoms with Gasteiger partial charge in [-0.25, -0.2) is 0 Å². The zero-order chi connectivity index (χ0) is 12.1. The van der Waals surface area contributed by atoms with E-state index in [0.29, 0.717) is 5.46 Å². The van der Waals surface area contributed by atoms with E-state index in [0.717, 1.165) is 5.56 Å². The largest absolute Gasteiger partial charge is 0.488 e. The number of hydrogen-bond acceptors (Lipinski definition) is 3. The normalized spacial score (nSPS) is 11.1. The average molecular weight is 218 g/mol. The molecule has 0 saturated carbocycles. The molecule has 0 unspecified atom stereocenters. The fourth-order valence-corrected chi connectivity index (χ4v) is 1.15. The Morgan fingerprint density at radius 1 is 1.25 bits per heavy atom. The molecule has 0 saturated heterocycles. The lowest BCUT2D eigenvalue weighted by molar-refractivity contribution is -0.117. The van der Waals surface area contributed by atoms with E-state index in [-0.39, 0.29) is 11.7 Å². The van der Waals surface area contributed by atoms with Crippen molar-refractivity contribution < 1.29 is 14.8 Å². The van der Waals surface area contributed by atoms with E-state index in [1.165, 1.54) is 6.08 Å².